The van der Waals surface area contributed by atoms with Gasteiger partial charge < -0.3 is 10.2 Å². The molecule has 0 aliphatic rings. The van der Waals surface area contributed by atoms with E-state index in [1.54, 1.807) is 0 Å². The zero-order valence-electron chi connectivity index (χ0n) is 15.8. The van der Waals surface area contributed by atoms with Gasteiger partial charge in [-0.3, -0.25) is 0 Å². The molecule has 0 bridgehead atoms. The summed E-state index contributed by atoms with van der Waals surface area (Å²) in [5.41, 5.74) is 0. The van der Waals surface area contributed by atoms with Crippen molar-refractivity contribution in [3.8, 4) is 0 Å². The minimum Gasteiger partial charge on any atom is -0.396 e. The molecule has 0 heterocycles. The van der Waals surface area contributed by atoms with Gasteiger partial charge in [0.05, 0.1) is 0 Å². The van der Waals surface area contributed by atoms with Crippen LogP contribution in [0, 0.1) is 5.92 Å². The Morgan fingerprint density at radius 1 is 0.545 bits per heavy atom. The Balaban J connectivity index is 0. The molecule has 2 heteroatoms. The predicted octanol–water partition coefficient (Wildman–Crippen LogP) is 6.09. The Morgan fingerprint density at radius 2 is 0.909 bits per heavy atom. The Hall–Kier alpha value is -0.0800. The minimum absolute atomic E-state index is 0.359. The van der Waals surface area contributed by atoms with E-state index in [0.717, 1.165) is 18.8 Å². The Morgan fingerprint density at radius 3 is 1.27 bits per heavy atom. The van der Waals surface area contributed by atoms with Crippen LogP contribution in [0.4, 0.5) is 0 Å². The summed E-state index contributed by atoms with van der Waals surface area (Å²) in [4.78, 5) is 0. The van der Waals surface area contributed by atoms with Gasteiger partial charge in [-0.25, -0.2) is 0 Å². The van der Waals surface area contributed by atoms with Gasteiger partial charge >= 0.3 is 0 Å². The first-order valence-electron chi connectivity index (χ1n) is 9.90. The van der Waals surface area contributed by atoms with Crippen molar-refractivity contribution >= 4 is 0 Å². The molecule has 0 radical (unpaired) electrons. The van der Waals surface area contributed by atoms with Gasteiger partial charge in [0, 0.05) is 13.2 Å². The molecule has 0 atom stereocenters. The maximum absolute atomic E-state index is 8.57. The summed E-state index contributed by atoms with van der Waals surface area (Å²) in [6.07, 6.45) is 18.1. The fourth-order valence-corrected chi connectivity index (χ4v) is 2.44. The summed E-state index contributed by atoms with van der Waals surface area (Å²) in [7, 11) is 0. The van der Waals surface area contributed by atoms with Gasteiger partial charge in [0.25, 0.3) is 0 Å². The van der Waals surface area contributed by atoms with Crippen LogP contribution in [-0.2, 0) is 0 Å². The smallest absolute Gasteiger partial charge is 0.0431 e. The van der Waals surface area contributed by atoms with Gasteiger partial charge in [-0.15, -0.1) is 0 Å². The number of rotatable bonds is 15. The summed E-state index contributed by atoms with van der Waals surface area (Å²) in [5.74, 6) is 0.823. The summed E-state index contributed by atoms with van der Waals surface area (Å²) in [6.45, 7) is 7.46. The third-order valence-corrected chi connectivity index (χ3v) is 3.95. The van der Waals surface area contributed by atoms with Crippen LogP contribution in [0.25, 0.3) is 0 Å². The summed E-state index contributed by atoms with van der Waals surface area (Å²) in [6, 6.07) is 0. The van der Waals surface area contributed by atoms with Gasteiger partial charge in [-0.2, -0.15) is 0 Å². The maximum Gasteiger partial charge on any atom is 0.0431 e. The normalized spacial score (nSPS) is 10.6. The second-order valence-corrected chi connectivity index (χ2v) is 6.87. The summed E-state index contributed by atoms with van der Waals surface area (Å²) >= 11 is 0. The van der Waals surface area contributed by atoms with Crippen molar-refractivity contribution in [1.82, 2.24) is 0 Å². The Kier molecular flexibility index (Phi) is 25.5. The molecule has 0 saturated carbocycles. The lowest BCUT2D eigenvalue weighted by Gasteiger charge is -2.01. The fraction of sp³-hybridized carbons (Fsp3) is 1.00. The van der Waals surface area contributed by atoms with E-state index in [-0.39, 0.29) is 0 Å². The highest BCUT2D eigenvalue weighted by Gasteiger charge is 1.92. The SMILES string of the molecule is CC(C)CCCCCO.CCCCCCCCCCCCO. The highest BCUT2D eigenvalue weighted by Crippen LogP contribution is 2.10. The van der Waals surface area contributed by atoms with Crippen molar-refractivity contribution < 1.29 is 10.2 Å². The van der Waals surface area contributed by atoms with Crippen LogP contribution in [0.1, 0.15) is 111 Å². The van der Waals surface area contributed by atoms with E-state index in [0.29, 0.717) is 13.2 Å². The van der Waals surface area contributed by atoms with Crippen molar-refractivity contribution in [2.45, 2.75) is 111 Å². The second kappa shape index (κ2) is 23.2. The van der Waals surface area contributed by atoms with Crippen LogP contribution in [-0.4, -0.2) is 23.4 Å². The molecule has 2 nitrogen and oxygen atoms in total. The quantitative estimate of drug-likeness (QED) is 0.359. The van der Waals surface area contributed by atoms with Crippen LogP contribution >= 0.6 is 0 Å². The predicted molar refractivity (Wildman–Crippen MR) is 99.3 cm³/mol. The molecule has 0 fully saturated rings. The first-order chi connectivity index (χ1) is 10.7. The molecular formula is C20H44O2. The summed E-state index contributed by atoms with van der Waals surface area (Å²) in [5, 5.41) is 17.0. The molecule has 0 aromatic carbocycles. The first kappa shape index (κ1) is 24.2. The fourth-order valence-electron chi connectivity index (χ4n) is 2.44. The lowest BCUT2D eigenvalue weighted by atomic mass is 10.1. The molecule has 136 valence electrons. The molecule has 0 aromatic rings. The lowest BCUT2D eigenvalue weighted by Crippen LogP contribution is -1.88. The molecule has 0 aliphatic heterocycles. The average molecular weight is 317 g/mol. The lowest BCUT2D eigenvalue weighted by molar-refractivity contribution is 0.281. The van der Waals surface area contributed by atoms with Gasteiger partial charge in [0.15, 0.2) is 0 Å². The zero-order valence-corrected chi connectivity index (χ0v) is 15.8. The molecule has 0 amide bonds. The monoisotopic (exact) mass is 316 g/mol. The summed E-state index contributed by atoms with van der Waals surface area (Å²) < 4.78 is 0. The van der Waals surface area contributed by atoms with E-state index in [1.807, 2.05) is 0 Å². The number of aliphatic hydroxyl groups is 2. The van der Waals surface area contributed by atoms with Crippen molar-refractivity contribution in [2.75, 3.05) is 13.2 Å². The van der Waals surface area contributed by atoms with Crippen LogP contribution in [0.15, 0.2) is 0 Å². The van der Waals surface area contributed by atoms with Crippen molar-refractivity contribution in [2.24, 2.45) is 5.92 Å². The van der Waals surface area contributed by atoms with Crippen LogP contribution in [0.2, 0.25) is 0 Å². The van der Waals surface area contributed by atoms with Crippen LogP contribution < -0.4 is 0 Å². The Labute approximate surface area is 140 Å². The minimum atomic E-state index is 0.359. The molecule has 2 N–H and O–H groups in total. The Bertz CT molecular complexity index is 159. The molecule has 0 spiro atoms. The van der Waals surface area contributed by atoms with E-state index in [1.165, 1.54) is 77.0 Å². The van der Waals surface area contributed by atoms with Gasteiger partial charge in [0.1, 0.15) is 0 Å². The number of hydrogen-bond donors (Lipinski definition) is 2. The third-order valence-electron chi connectivity index (χ3n) is 3.95. The van der Waals surface area contributed by atoms with Gasteiger partial charge in [0.2, 0.25) is 0 Å². The second-order valence-electron chi connectivity index (χ2n) is 6.87. The van der Waals surface area contributed by atoms with Crippen molar-refractivity contribution in [1.29, 1.82) is 0 Å². The van der Waals surface area contributed by atoms with E-state index >= 15 is 0 Å². The molecular weight excluding hydrogens is 272 g/mol. The topological polar surface area (TPSA) is 40.5 Å². The number of unbranched alkanes of at least 4 members (excludes halogenated alkanes) is 11. The zero-order chi connectivity index (χ0) is 16.9. The third kappa shape index (κ3) is 28.1. The molecule has 22 heavy (non-hydrogen) atoms. The molecule has 0 aliphatic carbocycles. The molecule has 0 unspecified atom stereocenters. The highest BCUT2D eigenvalue weighted by atomic mass is 16.3. The highest BCUT2D eigenvalue weighted by molar-refractivity contribution is 4.47. The number of hydrogen-bond acceptors (Lipinski definition) is 2. The number of aliphatic hydroxyl groups excluding tert-OH is 2. The van der Waals surface area contributed by atoms with Crippen molar-refractivity contribution in [3.63, 3.8) is 0 Å². The van der Waals surface area contributed by atoms with Gasteiger partial charge in [-0.1, -0.05) is 97.8 Å². The van der Waals surface area contributed by atoms with Crippen molar-refractivity contribution in [3.05, 3.63) is 0 Å². The van der Waals surface area contributed by atoms with Gasteiger partial charge in [-0.05, 0) is 18.8 Å². The largest absolute Gasteiger partial charge is 0.396 e. The van der Waals surface area contributed by atoms with E-state index < -0.39 is 0 Å². The molecule has 0 saturated heterocycles. The molecule has 0 aromatic heterocycles. The van der Waals surface area contributed by atoms with E-state index in [2.05, 4.69) is 20.8 Å². The van der Waals surface area contributed by atoms with E-state index in [9.17, 15) is 0 Å². The van der Waals surface area contributed by atoms with Crippen LogP contribution in [0.3, 0.4) is 0 Å². The average Bonchev–Trinajstić information content (AvgIpc) is 2.50. The maximum atomic E-state index is 8.57. The molecule has 0 rings (SSSR count). The first-order valence-corrected chi connectivity index (χ1v) is 9.90. The van der Waals surface area contributed by atoms with E-state index in [4.69, 9.17) is 10.2 Å². The standard InChI is InChI=1S/C12H26O.C8H18O/c1-2-3-4-5-6-7-8-9-10-11-12-13;1-8(2)6-4-3-5-7-9/h13H,2-12H2,1H3;8-9H,3-7H2,1-2H3. The van der Waals surface area contributed by atoms with Crippen LogP contribution in [0.5, 0.6) is 0 Å².